The van der Waals surface area contributed by atoms with Crippen LogP contribution in [0, 0.1) is 5.92 Å². The first kappa shape index (κ1) is 21.2. The van der Waals surface area contributed by atoms with Crippen LogP contribution in [0.4, 0.5) is 5.69 Å². The number of fused-ring (bicyclic) bond motifs is 1. The highest BCUT2D eigenvalue weighted by atomic mass is 32.2. The maximum atomic E-state index is 13.3. The lowest BCUT2D eigenvalue weighted by Gasteiger charge is -2.20. The third-order valence-corrected chi connectivity index (χ3v) is 7.36. The van der Waals surface area contributed by atoms with E-state index in [4.69, 9.17) is 4.74 Å². The summed E-state index contributed by atoms with van der Waals surface area (Å²) in [6.07, 6.45) is 2.61. The second kappa shape index (κ2) is 8.86. The number of nitrogens with zero attached hydrogens (tertiary/aromatic N) is 1. The SMILES string of the molecule is CCC(CC)CNC(=O)c1cc(S(=O)(=O)N2CCc3ccccc32)ccc1OC. The van der Waals surface area contributed by atoms with Crippen molar-refractivity contribution in [3.63, 3.8) is 0 Å². The molecule has 1 heterocycles. The maximum absolute atomic E-state index is 13.3. The minimum Gasteiger partial charge on any atom is -0.496 e. The molecule has 2 aromatic carbocycles. The van der Waals surface area contributed by atoms with Crippen LogP contribution in [0.1, 0.15) is 42.6 Å². The number of anilines is 1. The van der Waals surface area contributed by atoms with Crippen molar-refractivity contribution < 1.29 is 17.9 Å². The summed E-state index contributed by atoms with van der Waals surface area (Å²) < 4.78 is 33.3. The Labute approximate surface area is 172 Å². The van der Waals surface area contributed by atoms with Crippen LogP contribution in [0.3, 0.4) is 0 Å². The van der Waals surface area contributed by atoms with Gasteiger partial charge in [0.1, 0.15) is 5.75 Å². The topological polar surface area (TPSA) is 75.7 Å². The highest BCUT2D eigenvalue weighted by Crippen LogP contribution is 2.33. The molecule has 0 saturated heterocycles. The van der Waals surface area contributed by atoms with E-state index in [1.165, 1.54) is 23.5 Å². The van der Waals surface area contributed by atoms with Crippen LogP contribution in [0.15, 0.2) is 47.4 Å². The van der Waals surface area contributed by atoms with Crippen molar-refractivity contribution in [3.05, 3.63) is 53.6 Å². The lowest BCUT2D eigenvalue weighted by molar-refractivity contribution is 0.0943. The summed E-state index contributed by atoms with van der Waals surface area (Å²) in [6.45, 7) is 5.11. The van der Waals surface area contributed by atoms with Gasteiger partial charge in [-0.3, -0.25) is 9.10 Å². The summed E-state index contributed by atoms with van der Waals surface area (Å²) >= 11 is 0. The molecule has 29 heavy (non-hydrogen) atoms. The minimum absolute atomic E-state index is 0.0858. The van der Waals surface area contributed by atoms with Gasteiger partial charge in [-0.2, -0.15) is 0 Å². The molecule has 0 spiro atoms. The van der Waals surface area contributed by atoms with E-state index in [2.05, 4.69) is 19.2 Å². The van der Waals surface area contributed by atoms with E-state index < -0.39 is 10.0 Å². The van der Waals surface area contributed by atoms with Gasteiger partial charge >= 0.3 is 0 Å². The number of nitrogens with one attached hydrogen (secondary N) is 1. The van der Waals surface area contributed by atoms with Crippen LogP contribution in [0.5, 0.6) is 5.75 Å². The number of ether oxygens (including phenoxy) is 1. The van der Waals surface area contributed by atoms with E-state index in [-0.39, 0.29) is 16.4 Å². The first-order chi connectivity index (χ1) is 13.9. The first-order valence-corrected chi connectivity index (χ1v) is 11.4. The first-order valence-electron chi connectivity index (χ1n) is 9.99. The molecule has 0 radical (unpaired) electrons. The summed E-state index contributed by atoms with van der Waals surface area (Å²) in [4.78, 5) is 12.8. The van der Waals surface area contributed by atoms with Crippen molar-refractivity contribution in [2.45, 2.75) is 38.0 Å². The van der Waals surface area contributed by atoms with Crippen LogP contribution < -0.4 is 14.4 Å². The normalized spacial score (nSPS) is 13.4. The van der Waals surface area contributed by atoms with Gasteiger partial charge in [0.25, 0.3) is 15.9 Å². The molecule has 7 heteroatoms. The molecule has 0 aromatic heterocycles. The van der Waals surface area contributed by atoms with E-state index in [1.807, 2.05) is 24.3 Å². The Morgan fingerprint density at radius 2 is 1.90 bits per heavy atom. The van der Waals surface area contributed by atoms with Gasteiger partial charge in [-0.15, -0.1) is 0 Å². The average Bonchev–Trinajstić information content (AvgIpc) is 3.18. The van der Waals surface area contributed by atoms with Crippen molar-refractivity contribution in [2.75, 3.05) is 24.5 Å². The number of benzene rings is 2. The summed E-state index contributed by atoms with van der Waals surface area (Å²) in [6, 6.07) is 11.9. The lowest BCUT2D eigenvalue weighted by atomic mass is 10.0. The molecule has 0 aliphatic carbocycles. The van der Waals surface area contributed by atoms with E-state index in [1.54, 1.807) is 6.07 Å². The zero-order valence-corrected chi connectivity index (χ0v) is 18.0. The van der Waals surface area contributed by atoms with Gasteiger partial charge < -0.3 is 10.1 Å². The van der Waals surface area contributed by atoms with Gasteiger partial charge in [0.05, 0.1) is 23.3 Å². The zero-order chi connectivity index (χ0) is 21.0. The van der Waals surface area contributed by atoms with E-state index >= 15 is 0 Å². The molecule has 1 aliphatic heterocycles. The number of sulfonamides is 1. The highest BCUT2D eigenvalue weighted by Gasteiger charge is 2.31. The Hall–Kier alpha value is -2.54. The highest BCUT2D eigenvalue weighted by molar-refractivity contribution is 7.92. The number of carbonyl (C=O) groups is 1. The summed E-state index contributed by atoms with van der Waals surface area (Å²) in [5.41, 5.74) is 1.93. The molecule has 6 nitrogen and oxygen atoms in total. The standard InChI is InChI=1S/C22H28N2O4S/c1-4-16(5-2)15-23-22(25)19-14-18(10-11-21(19)28-3)29(26,27)24-13-12-17-8-6-7-9-20(17)24/h6-11,14,16H,4-5,12-13,15H2,1-3H3,(H,23,25). The van der Waals surface area contributed by atoms with Crippen LogP contribution >= 0.6 is 0 Å². The van der Waals surface area contributed by atoms with Crippen LogP contribution in [-0.4, -0.2) is 34.5 Å². The lowest BCUT2D eigenvalue weighted by Crippen LogP contribution is -2.31. The molecule has 1 aliphatic rings. The number of methoxy groups -OCH3 is 1. The molecule has 0 saturated carbocycles. The number of hydrogen-bond acceptors (Lipinski definition) is 4. The molecule has 2 aromatic rings. The number of carbonyl (C=O) groups excluding carboxylic acids is 1. The van der Waals surface area contributed by atoms with Gasteiger partial charge in [0, 0.05) is 13.1 Å². The van der Waals surface area contributed by atoms with Gasteiger partial charge in [-0.05, 0) is 42.2 Å². The predicted octanol–water partition coefficient (Wildman–Crippen LogP) is 3.61. The van der Waals surface area contributed by atoms with E-state index in [9.17, 15) is 13.2 Å². The molecule has 0 bridgehead atoms. The molecule has 0 atom stereocenters. The fourth-order valence-electron chi connectivity index (χ4n) is 3.62. The largest absolute Gasteiger partial charge is 0.496 e. The van der Waals surface area contributed by atoms with Crippen molar-refractivity contribution >= 4 is 21.6 Å². The third kappa shape index (κ3) is 4.24. The molecule has 0 unspecified atom stereocenters. The second-order valence-electron chi connectivity index (χ2n) is 7.21. The second-order valence-corrected chi connectivity index (χ2v) is 9.07. The average molecular weight is 417 g/mol. The fourth-order valence-corrected chi connectivity index (χ4v) is 5.15. The number of para-hydroxylation sites is 1. The molecule has 1 amide bonds. The van der Waals surface area contributed by atoms with Crippen molar-refractivity contribution in [1.29, 1.82) is 0 Å². The smallest absolute Gasteiger partial charge is 0.264 e. The van der Waals surface area contributed by atoms with Crippen LogP contribution in [-0.2, 0) is 16.4 Å². The van der Waals surface area contributed by atoms with Gasteiger partial charge in [-0.25, -0.2) is 8.42 Å². The van der Waals surface area contributed by atoms with Crippen molar-refractivity contribution in [1.82, 2.24) is 5.32 Å². The predicted molar refractivity (Wildman–Crippen MR) is 114 cm³/mol. The monoisotopic (exact) mass is 416 g/mol. The van der Waals surface area contributed by atoms with Gasteiger partial charge in [-0.1, -0.05) is 44.9 Å². The molecule has 0 fully saturated rings. The van der Waals surface area contributed by atoms with Gasteiger partial charge in [0.15, 0.2) is 0 Å². The van der Waals surface area contributed by atoms with Crippen molar-refractivity contribution in [3.8, 4) is 5.75 Å². The third-order valence-electron chi connectivity index (χ3n) is 5.55. The summed E-state index contributed by atoms with van der Waals surface area (Å²) in [5.74, 6) is 0.415. The van der Waals surface area contributed by atoms with Gasteiger partial charge in [0.2, 0.25) is 0 Å². The van der Waals surface area contributed by atoms with Crippen molar-refractivity contribution in [2.24, 2.45) is 5.92 Å². The van der Waals surface area contributed by atoms with E-state index in [0.717, 1.165) is 18.4 Å². The fraction of sp³-hybridized carbons (Fsp3) is 0.409. The van der Waals surface area contributed by atoms with Crippen LogP contribution in [0.2, 0.25) is 0 Å². The molecular formula is C22H28N2O4S. The summed E-state index contributed by atoms with van der Waals surface area (Å²) in [7, 11) is -2.31. The number of amides is 1. The molecule has 1 N–H and O–H groups in total. The maximum Gasteiger partial charge on any atom is 0.264 e. The molecular weight excluding hydrogens is 388 g/mol. The Morgan fingerprint density at radius 3 is 2.59 bits per heavy atom. The Balaban J connectivity index is 1.91. The zero-order valence-electron chi connectivity index (χ0n) is 17.1. The molecule has 156 valence electrons. The number of hydrogen-bond donors (Lipinski definition) is 1. The number of rotatable bonds is 8. The Morgan fingerprint density at radius 1 is 1.17 bits per heavy atom. The van der Waals surface area contributed by atoms with E-state index in [0.29, 0.717) is 36.9 Å². The quantitative estimate of drug-likeness (QED) is 0.713. The Kier molecular flexibility index (Phi) is 6.47. The van der Waals surface area contributed by atoms with Crippen LogP contribution in [0.25, 0.3) is 0 Å². The Bertz CT molecular complexity index is 984. The molecule has 3 rings (SSSR count). The minimum atomic E-state index is -3.78. The summed E-state index contributed by atoms with van der Waals surface area (Å²) in [5, 5.41) is 2.91.